The van der Waals surface area contributed by atoms with E-state index < -0.39 is 56.0 Å². The maximum absolute atomic E-state index is 12.4. The predicted molar refractivity (Wildman–Crippen MR) is 118 cm³/mol. The highest BCUT2D eigenvalue weighted by Crippen LogP contribution is 2.41. The van der Waals surface area contributed by atoms with Gasteiger partial charge in [-0.05, 0) is 30.4 Å². The molecule has 0 aliphatic heterocycles. The van der Waals surface area contributed by atoms with Gasteiger partial charge in [0.2, 0.25) is 5.91 Å². The van der Waals surface area contributed by atoms with Crippen LogP contribution < -0.4 is 22.2 Å². The maximum Gasteiger partial charge on any atom is 0.390 e. The first-order valence-corrected chi connectivity index (χ1v) is 11.2. The molecule has 37 heavy (non-hydrogen) atoms. The van der Waals surface area contributed by atoms with Crippen LogP contribution >= 0.6 is 0 Å². The molecule has 10 nitrogen and oxygen atoms in total. The average molecular weight is 536 g/mol. The zero-order valence-electron chi connectivity index (χ0n) is 19.4. The fourth-order valence-corrected chi connectivity index (χ4v) is 3.53. The molecule has 2 amide bonds. The van der Waals surface area contributed by atoms with Crippen LogP contribution in [0.15, 0.2) is 30.4 Å². The summed E-state index contributed by atoms with van der Waals surface area (Å²) in [6.45, 7) is -0.794. The highest BCUT2D eigenvalue weighted by atomic mass is 19.4. The molecule has 2 aromatic heterocycles. The molecule has 1 saturated carbocycles. The van der Waals surface area contributed by atoms with E-state index in [1.165, 1.54) is 16.9 Å². The van der Waals surface area contributed by atoms with Crippen LogP contribution in [-0.4, -0.2) is 50.3 Å². The van der Waals surface area contributed by atoms with Crippen molar-refractivity contribution in [1.29, 1.82) is 0 Å². The fraction of sp³-hybridized carbons (Fsp3) is 0.524. The molecule has 1 atom stereocenters. The smallest absolute Gasteiger partial charge is 0.390 e. The van der Waals surface area contributed by atoms with E-state index in [4.69, 9.17) is 11.6 Å². The lowest BCUT2D eigenvalue weighted by Gasteiger charge is -2.21. The van der Waals surface area contributed by atoms with Gasteiger partial charge in [-0.15, -0.1) is 0 Å². The summed E-state index contributed by atoms with van der Waals surface area (Å²) in [5.74, 6) is 4.07. The number of carbonyl (C=O) groups excluding carboxylic acids is 2. The third kappa shape index (κ3) is 8.51. The summed E-state index contributed by atoms with van der Waals surface area (Å²) >= 11 is 0. The number of alkyl halides is 6. The number of nitrogens with two attached hydrogens (primary N) is 2. The standard InChI is InChI=1S/C21H26F6N8O2/c22-20(23,24)4-3-17(36)33-18(12-1-2-12)13-7-16-32-14(11-35(16)31-9-13)10-30-19(37)15(8-28)34(29)6-5-21(25,26)27/h7-9,11-12,18H,1-6,10,28-29H2,(H,30,37)(H,33,36)/b15-8-. The number of amides is 2. The van der Waals surface area contributed by atoms with Gasteiger partial charge in [0.15, 0.2) is 5.65 Å². The van der Waals surface area contributed by atoms with Crippen LogP contribution in [0, 0.1) is 5.92 Å². The van der Waals surface area contributed by atoms with E-state index in [0.717, 1.165) is 19.0 Å². The number of imidazole rings is 1. The molecule has 0 bridgehead atoms. The molecule has 2 heterocycles. The van der Waals surface area contributed by atoms with E-state index in [1.54, 1.807) is 6.07 Å². The molecule has 0 spiro atoms. The Kier molecular flexibility index (Phi) is 8.50. The van der Waals surface area contributed by atoms with Crippen LogP contribution in [0.1, 0.15) is 49.4 Å². The Balaban J connectivity index is 1.63. The molecule has 2 aromatic rings. The van der Waals surface area contributed by atoms with Crippen LogP contribution in [-0.2, 0) is 16.1 Å². The Hall–Kier alpha value is -3.56. The fourth-order valence-electron chi connectivity index (χ4n) is 3.53. The molecule has 0 saturated heterocycles. The molecule has 3 rings (SSSR count). The Bertz CT molecular complexity index is 1140. The molecule has 16 heteroatoms. The van der Waals surface area contributed by atoms with Crippen molar-refractivity contribution in [2.75, 3.05) is 6.54 Å². The zero-order valence-corrected chi connectivity index (χ0v) is 19.4. The Morgan fingerprint density at radius 1 is 1.19 bits per heavy atom. The van der Waals surface area contributed by atoms with Crippen LogP contribution in [0.5, 0.6) is 0 Å². The van der Waals surface area contributed by atoms with Gasteiger partial charge in [-0.3, -0.25) is 9.59 Å². The normalized spacial score (nSPS) is 15.5. The second-order valence-electron chi connectivity index (χ2n) is 8.61. The van der Waals surface area contributed by atoms with E-state index in [1.807, 2.05) is 0 Å². The topological polar surface area (TPSA) is 144 Å². The van der Waals surface area contributed by atoms with Gasteiger partial charge in [-0.25, -0.2) is 15.3 Å². The average Bonchev–Trinajstić information content (AvgIpc) is 3.56. The number of carbonyl (C=O) groups is 2. The summed E-state index contributed by atoms with van der Waals surface area (Å²) in [4.78, 5) is 28.7. The van der Waals surface area contributed by atoms with Crippen LogP contribution in [0.2, 0.25) is 0 Å². The monoisotopic (exact) mass is 536 g/mol. The molecule has 204 valence electrons. The second kappa shape index (κ2) is 11.2. The second-order valence-corrected chi connectivity index (χ2v) is 8.61. The number of hydrazine groups is 1. The van der Waals surface area contributed by atoms with Gasteiger partial charge in [0.1, 0.15) is 5.70 Å². The summed E-state index contributed by atoms with van der Waals surface area (Å²) in [7, 11) is 0. The van der Waals surface area contributed by atoms with Crippen molar-refractivity contribution in [1.82, 2.24) is 30.2 Å². The summed E-state index contributed by atoms with van der Waals surface area (Å²) in [5.41, 5.74) is 6.28. The number of hydrogen-bond acceptors (Lipinski definition) is 7. The van der Waals surface area contributed by atoms with Gasteiger partial charge in [0.05, 0.1) is 43.5 Å². The van der Waals surface area contributed by atoms with Crippen molar-refractivity contribution in [2.45, 2.75) is 57.0 Å². The number of fused-ring (bicyclic) bond motifs is 1. The molecule has 1 aliphatic carbocycles. The lowest BCUT2D eigenvalue weighted by atomic mass is 10.0. The Morgan fingerprint density at radius 2 is 1.86 bits per heavy atom. The summed E-state index contributed by atoms with van der Waals surface area (Å²) in [6.07, 6.45) is -6.63. The lowest BCUT2D eigenvalue weighted by molar-refractivity contribution is -0.144. The SMILES string of the molecule is N/C=C(/C(=O)NCc1cn2ncc(C(NC(=O)CCC(F)(F)F)C3CC3)cc2n1)N(N)CCC(F)(F)F. The Morgan fingerprint density at radius 3 is 2.46 bits per heavy atom. The van der Waals surface area contributed by atoms with Gasteiger partial charge in [0, 0.05) is 19.2 Å². The van der Waals surface area contributed by atoms with Gasteiger partial charge < -0.3 is 21.4 Å². The van der Waals surface area contributed by atoms with E-state index in [0.29, 0.717) is 21.9 Å². The highest BCUT2D eigenvalue weighted by molar-refractivity contribution is 5.92. The van der Waals surface area contributed by atoms with E-state index >= 15 is 0 Å². The minimum absolute atomic E-state index is 0.0748. The molecule has 6 N–H and O–H groups in total. The minimum atomic E-state index is -4.46. The molecular weight excluding hydrogens is 510 g/mol. The van der Waals surface area contributed by atoms with Crippen molar-refractivity contribution in [2.24, 2.45) is 17.5 Å². The number of aromatic nitrogens is 3. The number of hydrogen-bond donors (Lipinski definition) is 4. The summed E-state index contributed by atoms with van der Waals surface area (Å²) in [5, 5.41) is 9.94. The molecule has 1 unspecified atom stereocenters. The summed E-state index contributed by atoms with van der Waals surface area (Å²) < 4.78 is 75.9. The third-order valence-corrected chi connectivity index (χ3v) is 5.56. The van der Waals surface area contributed by atoms with Crippen LogP contribution in [0.25, 0.3) is 5.65 Å². The number of rotatable bonds is 11. The number of nitrogens with zero attached hydrogens (tertiary/aromatic N) is 4. The van der Waals surface area contributed by atoms with Crippen molar-refractivity contribution >= 4 is 17.5 Å². The lowest BCUT2D eigenvalue weighted by Crippen LogP contribution is -2.41. The quantitative estimate of drug-likeness (QED) is 0.149. The van der Waals surface area contributed by atoms with E-state index in [2.05, 4.69) is 20.7 Å². The van der Waals surface area contributed by atoms with E-state index in [9.17, 15) is 35.9 Å². The Labute approximate surface area is 207 Å². The van der Waals surface area contributed by atoms with Gasteiger partial charge in [-0.1, -0.05) is 0 Å². The van der Waals surface area contributed by atoms with Crippen molar-refractivity contribution in [3.05, 3.63) is 41.6 Å². The van der Waals surface area contributed by atoms with Crippen LogP contribution in [0.4, 0.5) is 26.3 Å². The molecular formula is C21H26F6N8O2. The number of nitrogens with one attached hydrogen (secondary N) is 2. The zero-order chi connectivity index (χ0) is 27.4. The van der Waals surface area contributed by atoms with Gasteiger partial charge >= 0.3 is 12.4 Å². The molecule has 0 radical (unpaired) electrons. The third-order valence-electron chi connectivity index (χ3n) is 5.56. The molecule has 1 aliphatic rings. The largest absolute Gasteiger partial charge is 0.403 e. The first-order chi connectivity index (χ1) is 17.3. The minimum Gasteiger partial charge on any atom is -0.403 e. The predicted octanol–water partition coefficient (Wildman–Crippen LogP) is 2.18. The maximum atomic E-state index is 12.4. The van der Waals surface area contributed by atoms with Gasteiger partial charge in [-0.2, -0.15) is 31.4 Å². The van der Waals surface area contributed by atoms with E-state index in [-0.39, 0.29) is 18.2 Å². The molecule has 1 fully saturated rings. The first-order valence-electron chi connectivity index (χ1n) is 11.2. The van der Waals surface area contributed by atoms with Gasteiger partial charge in [0.25, 0.3) is 5.91 Å². The molecule has 0 aromatic carbocycles. The van der Waals surface area contributed by atoms with Crippen LogP contribution in [0.3, 0.4) is 0 Å². The van der Waals surface area contributed by atoms with Crippen molar-refractivity contribution in [3.8, 4) is 0 Å². The number of halogens is 6. The highest BCUT2D eigenvalue weighted by Gasteiger charge is 2.35. The van der Waals surface area contributed by atoms with Crippen molar-refractivity contribution < 1.29 is 35.9 Å². The first kappa shape index (κ1) is 28.0. The van der Waals surface area contributed by atoms with Crippen molar-refractivity contribution in [3.63, 3.8) is 0 Å². The summed E-state index contributed by atoms with van der Waals surface area (Å²) in [6, 6.07) is 1.12.